The lowest BCUT2D eigenvalue weighted by atomic mass is 9.53. The van der Waals surface area contributed by atoms with Crippen molar-refractivity contribution in [1.29, 1.82) is 0 Å². The van der Waals surface area contributed by atoms with Crippen LogP contribution in [0.1, 0.15) is 38.5 Å². The van der Waals surface area contributed by atoms with Crippen molar-refractivity contribution in [2.75, 3.05) is 26.8 Å². The van der Waals surface area contributed by atoms with Gasteiger partial charge in [0.05, 0.1) is 6.61 Å². The number of hydrogen-bond acceptors (Lipinski definition) is 3. The number of rotatable bonds is 6. The van der Waals surface area contributed by atoms with Crippen molar-refractivity contribution >= 4 is 5.91 Å². The Kier molecular flexibility index (Phi) is 3.81. The molecule has 0 aromatic rings. The second-order valence-corrected chi connectivity index (χ2v) is 6.90. The molecule has 0 unspecified atom stereocenters. The molecule has 1 amide bonds. The zero-order chi connectivity index (χ0) is 13.3. The molecule has 4 nitrogen and oxygen atoms in total. The molecule has 4 rings (SSSR count). The molecule has 108 valence electrons. The third kappa shape index (κ3) is 2.95. The average Bonchev–Trinajstić information content (AvgIpc) is 2.32. The predicted octanol–water partition coefficient (Wildman–Crippen LogP) is 1.31. The van der Waals surface area contributed by atoms with Crippen LogP contribution in [0.5, 0.6) is 0 Å². The van der Waals surface area contributed by atoms with E-state index in [1.165, 1.54) is 38.5 Å². The largest absolute Gasteiger partial charge is 0.370 e. The smallest absolute Gasteiger partial charge is 0.246 e. The topological polar surface area (TPSA) is 50.4 Å². The zero-order valence-electron chi connectivity index (χ0n) is 11.9. The first-order valence-electron chi connectivity index (χ1n) is 7.72. The minimum Gasteiger partial charge on any atom is -0.370 e. The Hall–Kier alpha value is -0.610. The molecule has 0 spiro atoms. The van der Waals surface area contributed by atoms with Gasteiger partial charge in [-0.05, 0) is 63.3 Å². The van der Waals surface area contributed by atoms with Gasteiger partial charge in [-0.25, -0.2) is 0 Å². The van der Waals surface area contributed by atoms with Gasteiger partial charge in [0.1, 0.15) is 6.61 Å². The first-order valence-corrected chi connectivity index (χ1v) is 7.72. The molecule has 4 heteroatoms. The minimum absolute atomic E-state index is 0.0815. The van der Waals surface area contributed by atoms with Gasteiger partial charge in [-0.2, -0.15) is 0 Å². The highest BCUT2D eigenvalue weighted by atomic mass is 16.5. The SMILES string of the molecule is CNCCOCC(=O)NC12CC3CC(CC(C3)C1)C2. The molecule has 4 aliphatic rings. The number of ether oxygens (including phenoxy) is 1. The number of likely N-dealkylation sites (N-methyl/N-ethyl adjacent to an activating group) is 1. The van der Waals surface area contributed by atoms with E-state index in [1.54, 1.807) is 0 Å². The number of carbonyl (C=O) groups excluding carboxylic acids is 1. The van der Waals surface area contributed by atoms with Crippen LogP contribution in [0, 0.1) is 17.8 Å². The van der Waals surface area contributed by atoms with Gasteiger partial charge in [0.15, 0.2) is 0 Å². The highest BCUT2D eigenvalue weighted by molar-refractivity contribution is 5.78. The van der Waals surface area contributed by atoms with Gasteiger partial charge < -0.3 is 15.4 Å². The molecule has 19 heavy (non-hydrogen) atoms. The first kappa shape index (κ1) is 13.4. The van der Waals surface area contributed by atoms with E-state index in [0.29, 0.717) is 6.61 Å². The highest BCUT2D eigenvalue weighted by Crippen LogP contribution is 2.55. The minimum atomic E-state index is 0.0815. The van der Waals surface area contributed by atoms with Gasteiger partial charge in [-0.15, -0.1) is 0 Å². The van der Waals surface area contributed by atoms with Crippen LogP contribution in [0.15, 0.2) is 0 Å². The van der Waals surface area contributed by atoms with E-state index in [1.807, 2.05) is 7.05 Å². The molecule has 0 heterocycles. The molecular weight excluding hydrogens is 240 g/mol. The van der Waals surface area contributed by atoms with Crippen molar-refractivity contribution in [1.82, 2.24) is 10.6 Å². The number of hydrogen-bond donors (Lipinski definition) is 2. The molecule has 0 radical (unpaired) electrons. The Bertz CT molecular complexity index is 308. The molecule has 2 N–H and O–H groups in total. The number of carbonyl (C=O) groups is 1. The van der Waals surface area contributed by atoms with E-state index in [4.69, 9.17) is 4.74 Å². The standard InChI is InChI=1S/C15H26N2O2/c1-16-2-3-19-10-14(18)17-15-7-11-4-12(8-15)6-13(5-11)9-15/h11-13,16H,2-10H2,1H3,(H,17,18). The lowest BCUT2D eigenvalue weighted by Gasteiger charge is -2.56. The molecular formula is C15H26N2O2. The summed E-state index contributed by atoms with van der Waals surface area (Å²) in [4.78, 5) is 12.0. The second-order valence-electron chi connectivity index (χ2n) is 6.90. The summed E-state index contributed by atoms with van der Waals surface area (Å²) in [5, 5.41) is 6.33. The van der Waals surface area contributed by atoms with Gasteiger partial charge in [0.25, 0.3) is 0 Å². The van der Waals surface area contributed by atoms with E-state index in [2.05, 4.69) is 10.6 Å². The molecule has 4 bridgehead atoms. The predicted molar refractivity (Wildman–Crippen MR) is 73.8 cm³/mol. The van der Waals surface area contributed by atoms with Crippen LogP contribution in [0.2, 0.25) is 0 Å². The second kappa shape index (κ2) is 5.41. The van der Waals surface area contributed by atoms with Crippen molar-refractivity contribution in [3.63, 3.8) is 0 Å². The Balaban J connectivity index is 1.50. The number of nitrogens with one attached hydrogen (secondary N) is 2. The summed E-state index contributed by atoms with van der Waals surface area (Å²) in [5.74, 6) is 2.70. The summed E-state index contributed by atoms with van der Waals surface area (Å²) in [7, 11) is 1.89. The van der Waals surface area contributed by atoms with Crippen molar-refractivity contribution in [2.24, 2.45) is 17.8 Å². The summed E-state index contributed by atoms with van der Waals surface area (Å²) in [6, 6.07) is 0. The lowest BCUT2D eigenvalue weighted by Crippen LogP contribution is -2.60. The van der Waals surface area contributed by atoms with Crippen LogP contribution in [-0.4, -0.2) is 38.3 Å². The fourth-order valence-electron chi connectivity index (χ4n) is 4.93. The van der Waals surface area contributed by atoms with E-state index in [0.717, 1.165) is 24.3 Å². The van der Waals surface area contributed by atoms with E-state index in [9.17, 15) is 4.79 Å². The summed E-state index contributed by atoms with van der Waals surface area (Å²) >= 11 is 0. The van der Waals surface area contributed by atoms with E-state index >= 15 is 0 Å². The maximum Gasteiger partial charge on any atom is 0.246 e. The van der Waals surface area contributed by atoms with Crippen LogP contribution in [0.4, 0.5) is 0 Å². The maximum absolute atomic E-state index is 12.0. The summed E-state index contributed by atoms with van der Waals surface area (Å²) < 4.78 is 5.38. The zero-order valence-corrected chi connectivity index (χ0v) is 11.9. The Labute approximate surface area is 115 Å². The molecule has 4 saturated carbocycles. The third-order valence-electron chi connectivity index (χ3n) is 5.17. The van der Waals surface area contributed by atoms with Crippen LogP contribution >= 0.6 is 0 Å². The van der Waals surface area contributed by atoms with Crippen LogP contribution < -0.4 is 10.6 Å². The van der Waals surface area contributed by atoms with Crippen LogP contribution in [0.3, 0.4) is 0 Å². The van der Waals surface area contributed by atoms with Crippen molar-refractivity contribution in [3.05, 3.63) is 0 Å². The van der Waals surface area contributed by atoms with Gasteiger partial charge in [0, 0.05) is 12.1 Å². The summed E-state index contributed by atoms with van der Waals surface area (Å²) in [6.45, 7) is 1.61. The lowest BCUT2D eigenvalue weighted by molar-refractivity contribution is -0.131. The van der Waals surface area contributed by atoms with Crippen LogP contribution in [0.25, 0.3) is 0 Å². The maximum atomic E-state index is 12.0. The molecule has 4 fully saturated rings. The van der Waals surface area contributed by atoms with Gasteiger partial charge >= 0.3 is 0 Å². The monoisotopic (exact) mass is 266 g/mol. The molecule has 0 atom stereocenters. The van der Waals surface area contributed by atoms with Gasteiger partial charge in [-0.1, -0.05) is 0 Å². The quantitative estimate of drug-likeness (QED) is 0.713. The Morgan fingerprint density at radius 3 is 2.26 bits per heavy atom. The summed E-state index contributed by atoms with van der Waals surface area (Å²) in [5.41, 5.74) is 0.123. The normalized spacial score (nSPS) is 39.5. The van der Waals surface area contributed by atoms with Crippen LogP contribution in [-0.2, 0) is 9.53 Å². The summed E-state index contributed by atoms with van der Waals surface area (Å²) in [6.07, 6.45) is 7.86. The molecule has 0 aliphatic heterocycles. The van der Waals surface area contributed by atoms with E-state index in [-0.39, 0.29) is 18.1 Å². The third-order valence-corrected chi connectivity index (χ3v) is 5.17. The molecule has 0 aromatic heterocycles. The van der Waals surface area contributed by atoms with Crippen molar-refractivity contribution in [2.45, 2.75) is 44.1 Å². The Morgan fingerprint density at radius 2 is 1.74 bits per heavy atom. The fraction of sp³-hybridized carbons (Fsp3) is 0.933. The highest BCUT2D eigenvalue weighted by Gasteiger charge is 2.51. The van der Waals surface area contributed by atoms with Gasteiger partial charge in [0.2, 0.25) is 5.91 Å². The Morgan fingerprint density at radius 1 is 1.16 bits per heavy atom. The first-order chi connectivity index (χ1) is 9.19. The number of amides is 1. The average molecular weight is 266 g/mol. The fourth-order valence-corrected chi connectivity index (χ4v) is 4.93. The molecule has 0 aromatic carbocycles. The van der Waals surface area contributed by atoms with Crippen molar-refractivity contribution < 1.29 is 9.53 Å². The molecule has 0 saturated heterocycles. The van der Waals surface area contributed by atoms with E-state index < -0.39 is 0 Å². The van der Waals surface area contributed by atoms with Gasteiger partial charge in [-0.3, -0.25) is 4.79 Å². The van der Waals surface area contributed by atoms with Crippen molar-refractivity contribution in [3.8, 4) is 0 Å². The molecule has 4 aliphatic carbocycles.